The van der Waals surface area contributed by atoms with Gasteiger partial charge in [0, 0.05) is 26.5 Å². The van der Waals surface area contributed by atoms with Gasteiger partial charge in [-0.25, -0.2) is 0 Å². The lowest BCUT2D eigenvalue weighted by molar-refractivity contribution is -0.175. The summed E-state index contributed by atoms with van der Waals surface area (Å²) in [7, 11) is 3.59. The van der Waals surface area contributed by atoms with Crippen LogP contribution in [0.4, 0.5) is 0 Å². The first-order chi connectivity index (χ1) is 12.0. The van der Waals surface area contributed by atoms with Crippen LogP contribution in [-0.2, 0) is 23.8 Å². The number of esters is 1. The highest BCUT2D eigenvalue weighted by Gasteiger charge is 2.35. The standard InChI is InChI=1S/C12H22O4.C4H10NOP.CH4O/c1-4-6-12(14-8-9-15-12)7-5-11(13)16-10(2)3;6-4-5-2-1-3-7;1-2/h10H,4-9H2,1-3H3;4H,1-3,7H2,(H,5,6);2H,1H3. The number of aliphatic hydroxyl groups is 1. The van der Waals surface area contributed by atoms with Crippen LogP contribution in [0.15, 0.2) is 0 Å². The van der Waals surface area contributed by atoms with Crippen LogP contribution in [0, 0.1) is 0 Å². The molecule has 1 saturated heterocycles. The maximum absolute atomic E-state index is 11.4. The Hall–Kier alpha value is -0.750. The van der Waals surface area contributed by atoms with E-state index in [9.17, 15) is 9.59 Å². The monoisotopic (exact) mass is 381 g/mol. The van der Waals surface area contributed by atoms with E-state index in [1.54, 1.807) is 0 Å². The Labute approximate surface area is 154 Å². The Bertz CT molecular complexity index is 322. The number of aliphatic hydroxyl groups excluding tert-OH is 1. The maximum atomic E-state index is 11.4. The van der Waals surface area contributed by atoms with Crippen LogP contribution >= 0.6 is 9.24 Å². The predicted molar refractivity (Wildman–Crippen MR) is 101 cm³/mol. The molecule has 0 aromatic carbocycles. The van der Waals surface area contributed by atoms with Crippen LogP contribution < -0.4 is 5.32 Å². The van der Waals surface area contributed by atoms with Gasteiger partial charge < -0.3 is 24.6 Å². The first-order valence-corrected chi connectivity index (χ1v) is 9.60. The summed E-state index contributed by atoms with van der Waals surface area (Å²) in [5.41, 5.74) is 0. The smallest absolute Gasteiger partial charge is 0.306 e. The summed E-state index contributed by atoms with van der Waals surface area (Å²) in [5.74, 6) is -0.713. The molecule has 25 heavy (non-hydrogen) atoms. The van der Waals surface area contributed by atoms with E-state index in [2.05, 4.69) is 21.5 Å². The van der Waals surface area contributed by atoms with Gasteiger partial charge >= 0.3 is 5.97 Å². The van der Waals surface area contributed by atoms with Gasteiger partial charge in [-0.15, -0.1) is 9.24 Å². The van der Waals surface area contributed by atoms with E-state index in [-0.39, 0.29) is 12.1 Å². The fourth-order valence-electron chi connectivity index (χ4n) is 2.17. The Morgan fingerprint density at radius 3 is 2.36 bits per heavy atom. The average molecular weight is 381 g/mol. The molecule has 150 valence electrons. The van der Waals surface area contributed by atoms with Crippen LogP contribution in [0.3, 0.4) is 0 Å². The molecule has 8 heteroatoms. The molecule has 1 amide bonds. The minimum absolute atomic E-state index is 0.0555. The lowest BCUT2D eigenvalue weighted by Gasteiger charge is -2.26. The Morgan fingerprint density at radius 2 is 1.92 bits per heavy atom. The first-order valence-electron chi connectivity index (χ1n) is 8.79. The zero-order valence-corrected chi connectivity index (χ0v) is 17.2. The number of hydrogen-bond donors (Lipinski definition) is 2. The molecule has 0 aromatic heterocycles. The molecule has 0 aliphatic carbocycles. The molecule has 1 heterocycles. The van der Waals surface area contributed by atoms with Crippen LogP contribution in [0.25, 0.3) is 0 Å². The largest absolute Gasteiger partial charge is 0.463 e. The summed E-state index contributed by atoms with van der Waals surface area (Å²) in [6.07, 6.45) is 5.54. The Morgan fingerprint density at radius 1 is 1.32 bits per heavy atom. The van der Waals surface area contributed by atoms with Crippen LogP contribution in [0.2, 0.25) is 0 Å². The fourth-order valence-corrected chi connectivity index (χ4v) is 2.37. The number of hydrogen-bond acceptors (Lipinski definition) is 6. The van der Waals surface area contributed by atoms with E-state index < -0.39 is 5.79 Å². The third-order valence-electron chi connectivity index (χ3n) is 3.13. The zero-order chi connectivity index (χ0) is 19.6. The van der Waals surface area contributed by atoms with Gasteiger partial charge in [-0.3, -0.25) is 9.59 Å². The van der Waals surface area contributed by atoms with Crippen molar-refractivity contribution in [1.29, 1.82) is 0 Å². The van der Waals surface area contributed by atoms with E-state index in [4.69, 9.17) is 19.3 Å². The molecule has 0 radical (unpaired) electrons. The molecule has 0 aromatic rings. The minimum Gasteiger partial charge on any atom is -0.463 e. The third-order valence-corrected chi connectivity index (χ3v) is 3.54. The number of rotatable bonds is 10. The SMILES string of the molecule is CCCC1(CCC(=O)OC(C)C)OCCO1.CO.O=CNCCCP. The van der Waals surface area contributed by atoms with Crippen molar-refractivity contribution in [2.24, 2.45) is 0 Å². The normalized spacial score (nSPS) is 14.7. The highest BCUT2D eigenvalue weighted by atomic mass is 31.0. The van der Waals surface area contributed by atoms with Crippen molar-refractivity contribution >= 4 is 21.6 Å². The lowest BCUT2D eigenvalue weighted by atomic mass is 10.1. The molecule has 1 fully saturated rings. The van der Waals surface area contributed by atoms with Crippen molar-refractivity contribution in [3.05, 3.63) is 0 Å². The number of amides is 1. The predicted octanol–water partition coefficient (Wildman–Crippen LogP) is 1.87. The highest BCUT2D eigenvalue weighted by molar-refractivity contribution is 7.16. The molecular formula is C17H36NO6P. The van der Waals surface area contributed by atoms with E-state index >= 15 is 0 Å². The molecule has 1 aliphatic heterocycles. The second kappa shape index (κ2) is 18.1. The van der Waals surface area contributed by atoms with Crippen molar-refractivity contribution < 1.29 is 28.9 Å². The van der Waals surface area contributed by atoms with Crippen molar-refractivity contribution in [3.63, 3.8) is 0 Å². The maximum Gasteiger partial charge on any atom is 0.306 e. The number of carbonyl (C=O) groups excluding carboxylic acids is 2. The van der Waals surface area contributed by atoms with Gasteiger partial charge in [0.15, 0.2) is 5.79 Å². The van der Waals surface area contributed by atoms with E-state index in [0.29, 0.717) is 26.1 Å². The molecule has 0 spiro atoms. The molecule has 2 N–H and O–H groups in total. The van der Waals surface area contributed by atoms with Gasteiger partial charge in [-0.05, 0) is 26.4 Å². The van der Waals surface area contributed by atoms with Gasteiger partial charge in [0.2, 0.25) is 6.41 Å². The number of nitrogens with one attached hydrogen (secondary N) is 1. The van der Waals surface area contributed by atoms with E-state index in [1.165, 1.54) is 0 Å². The second-order valence-electron chi connectivity index (χ2n) is 5.61. The fraction of sp³-hybridized carbons (Fsp3) is 0.882. The van der Waals surface area contributed by atoms with E-state index in [0.717, 1.165) is 45.5 Å². The van der Waals surface area contributed by atoms with Gasteiger partial charge in [0.25, 0.3) is 0 Å². The molecule has 1 aliphatic rings. The topological polar surface area (TPSA) is 94.1 Å². The molecule has 1 rings (SSSR count). The molecule has 1 atom stereocenters. The molecule has 7 nitrogen and oxygen atoms in total. The van der Waals surface area contributed by atoms with Crippen molar-refractivity contribution in [1.82, 2.24) is 5.32 Å². The minimum atomic E-state index is -0.537. The van der Waals surface area contributed by atoms with Crippen molar-refractivity contribution in [3.8, 4) is 0 Å². The molecular weight excluding hydrogens is 345 g/mol. The number of carbonyl (C=O) groups is 2. The van der Waals surface area contributed by atoms with Gasteiger partial charge in [-0.1, -0.05) is 13.3 Å². The third kappa shape index (κ3) is 15.2. The zero-order valence-electron chi connectivity index (χ0n) is 16.1. The van der Waals surface area contributed by atoms with Crippen LogP contribution in [0.1, 0.15) is 52.9 Å². The first kappa shape index (κ1) is 26.5. The second-order valence-corrected chi connectivity index (χ2v) is 6.19. The van der Waals surface area contributed by atoms with Gasteiger partial charge in [0.05, 0.1) is 25.7 Å². The highest BCUT2D eigenvalue weighted by Crippen LogP contribution is 2.30. The quantitative estimate of drug-likeness (QED) is 0.260. The van der Waals surface area contributed by atoms with Crippen molar-refractivity contribution in [2.75, 3.05) is 33.0 Å². The van der Waals surface area contributed by atoms with Gasteiger partial charge in [-0.2, -0.15) is 0 Å². The van der Waals surface area contributed by atoms with Crippen molar-refractivity contribution in [2.45, 2.75) is 64.8 Å². The van der Waals surface area contributed by atoms with Crippen LogP contribution in [0.5, 0.6) is 0 Å². The van der Waals surface area contributed by atoms with Crippen LogP contribution in [-0.4, -0.2) is 62.4 Å². The molecule has 1 unspecified atom stereocenters. The number of ether oxygens (including phenoxy) is 3. The van der Waals surface area contributed by atoms with E-state index in [1.807, 2.05) is 13.8 Å². The average Bonchev–Trinajstić information content (AvgIpc) is 3.05. The molecule has 0 saturated carbocycles. The summed E-state index contributed by atoms with van der Waals surface area (Å²) >= 11 is 0. The Balaban J connectivity index is 0. The summed E-state index contributed by atoms with van der Waals surface area (Å²) in [4.78, 5) is 21.0. The summed E-state index contributed by atoms with van der Waals surface area (Å²) in [6, 6.07) is 0. The lowest BCUT2D eigenvalue weighted by Crippen LogP contribution is -2.31. The summed E-state index contributed by atoms with van der Waals surface area (Å²) in [5, 5.41) is 9.56. The van der Waals surface area contributed by atoms with Gasteiger partial charge in [0.1, 0.15) is 0 Å². The Kier molecular flexibility index (Phi) is 19.1. The summed E-state index contributed by atoms with van der Waals surface area (Å²) in [6.45, 7) is 7.83. The summed E-state index contributed by atoms with van der Waals surface area (Å²) < 4.78 is 16.3. The molecule has 0 bridgehead atoms.